The minimum atomic E-state index is -3.59. The van der Waals surface area contributed by atoms with Gasteiger partial charge in [-0.3, -0.25) is 4.40 Å². The average molecular weight is 370 g/mol. The van der Waals surface area contributed by atoms with Gasteiger partial charge in [0.2, 0.25) is 9.84 Å². The zero-order valence-electron chi connectivity index (χ0n) is 10.9. The summed E-state index contributed by atoms with van der Waals surface area (Å²) in [5.41, 5.74) is 3.32. The summed E-state index contributed by atoms with van der Waals surface area (Å²) in [7, 11) is -3.59. The molecular formula is C13H8ClN3O2S3. The van der Waals surface area contributed by atoms with Gasteiger partial charge in [-0.2, -0.15) is 0 Å². The molecule has 0 aliphatic heterocycles. The summed E-state index contributed by atoms with van der Waals surface area (Å²) in [6, 6.07) is 5.46. The van der Waals surface area contributed by atoms with Gasteiger partial charge in [0.05, 0.1) is 21.5 Å². The van der Waals surface area contributed by atoms with Gasteiger partial charge in [0.25, 0.3) is 0 Å². The van der Waals surface area contributed by atoms with E-state index in [-0.39, 0.29) is 15.9 Å². The van der Waals surface area contributed by atoms with Crippen molar-refractivity contribution in [3.63, 3.8) is 0 Å². The fraction of sp³-hybridized carbons (Fsp3) is 0.0769. The number of thiazole rings is 2. The second-order valence-electron chi connectivity index (χ2n) is 4.68. The summed E-state index contributed by atoms with van der Waals surface area (Å²) in [5, 5.41) is 1.85. The SMILES string of the molecule is O=S(=O)(Cc1ccc2ncsc2c1)c1c(Cl)nc2sccn12. The highest BCUT2D eigenvalue weighted by molar-refractivity contribution is 7.90. The molecule has 0 saturated heterocycles. The highest BCUT2D eigenvalue weighted by Crippen LogP contribution is 2.29. The Labute approximate surface area is 138 Å². The van der Waals surface area contributed by atoms with Gasteiger partial charge in [0, 0.05) is 11.6 Å². The van der Waals surface area contributed by atoms with Crippen LogP contribution < -0.4 is 0 Å². The number of fused-ring (bicyclic) bond motifs is 2. The van der Waals surface area contributed by atoms with Crippen molar-refractivity contribution in [2.24, 2.45) is 0 Å². The summed E-state index contributed by atoms with van der Waals surface area (Å²) in [5.74, 6) is -0.121. The van der Waals surface area contributed by atoms with Crippen molar-refractivity contribution in [2.75, 3.05) is 0 Å². The molecule has 4 rings (SSSR count). The van der Waals surface area contributed by atoms with Crippen molar-refractivity contribution in [1.29, 1.82) is 0 Å². The zero-order valence-corrected chi connectivity index (χ0v) is 14.1. The molecule has 0 saturated carbocycles. The van der Waals surface area contributed by atoms with E-state index >= 15 is 0 Å². The van der Waals surface area contributed by atoms with Gasteiger partial charge in [-0.15, -0.1) is 22.7 Å². The summed E-state index contributed by atoms with van der Waals surface area (Å²) in [6.45, 7) is 0. The van der Waals surface area contributed by atoms with E-state index in [1.54, 1.807) is 23.2 Å². The summed E-state index contributed by atoms with van der Waals surface area (Å²) in [4.78, 5) is 8.84. The van der Waals surface area contributed by atoms with E-state index in [0.29, 0.717) is 10.5 Å². The predicted octanol–water partition coefficient (Wildman–Crippen LogP) is 3.63. The second kappa shape index (κ2) is 5.02. The Morgan fingerprint density at radius 3 is 3.00 bits per heavy atom. The summed E-state index contributed by atoms with van der Waals surface area (Å²) < 4.78 is 27.9. The molecule has 1 aromatic carbocycles. The average Bonchev–Trinajstić information content (AvgIpc) is 3.11. The molecule has 0 bridgehead atoms. The molecule has 0 amide bonds. The van der Waals surface area contributed by atoms with Crippen LogP contribution in [-0.4, -0.2) is 22.8 Å². The fourth-order valence-corrected chi connectivity index (χ4v) is 5.88. The minimum absolute atomic E-state index is 0.0192. The standard InChI is InChI=1S/C13H8ClN3O2S3/c14-11-12(17-3-4-20-13(17)16-11)22(18,19)6-8-1-2-9-10(5-8)21-7-15-9/h1-5,7H,6H2. The number of benzene rings is 1. The number of hydrogen-bond acceptors (Lipinski definition) is 6. The smallest absolute Gasteiger partial charge is 0.201 e. The Morgan fingerprint density at radius 1 is 1.27 bits per heavy atom. The van der Waals surface area contributed by atoms with Crippen molar-refractivity contribution < 1.29 is 8.42 Å². The van der Waals surface area contributed by atoms with Crippen LogP contribution in [0.2, 0.25) is 5.15 Å². The lowest BCUT2D eigenvalue weighted by Gasteiger charge is -2.04. The van der Waals surface area contributed by atoms with E-state index < -0.39 is 9.84 Å². The lowest BCUT2D eigenvalue weighted by atomic mass is 10.2. The Hall–Kier alpha value is -1.48. The van der Waals surface area contributed by atoms with Crippen molar-refractivity contribution in [3.05, 3.63) is 46.0 Å². The minimum Gasteiger partial charge on any atom is -0.280 e. The molecule has 0 aliphatic rings. The quantitative estimate of drug-likeness (QED) is 0.553. The van der Waals surface area contributed by atoms with Crippen molar-refractivity contribution in [1.82, 2.24) is 14.4 Å². The van der Waals surface area contributed by atoms with E-state index in [1.807, 2.05) is 12.1 Å². The third kappa shape index (κ3) is 2.23. The van der Waals surface area contributed by atoms with E-state index in [0.717, 1.165) is 10.2 Å². The first-order chi connectivity index (χ1) is 10.5. The zero-order chi connectivity index (χ0) is 15.3. The van der Waals surface area contributed by atoms with Gasteiger partial charge < -0.3 is 0 Å². The number of nitrogens with zero attached hydrogens (tertiary/aromatic N) is 3. The Kier molecular flexibility index (Phi) is 3.23. The largest absolute Gasteiger partial charge is 0.280 e. The topological polar surface area (TPSA) is 64.3 Å². The van der Waals surface area contributed by atoms with E-state index in [4.69, 9.17) is 11.6 Å². The lowest BCUT2D eigenvalue weighted by Crippen LogP contribution is -2.08. The monoisotopic (exact) mass is 369 g/mol. The number of aromatic nitrogens is 3. The molecule has 0 atom stereocenters. The van der Waals surface area contributed by atoms with Crippen LogP contribution in [0.25, 0.3) is 15.2 Å². The fourth-order valence-electron chi connectivity index (χ4n) is 2.29. The van der Waals surface area contributed by atoms with Gasteiger partial charge in [-0.25, -0.2) is 18.4 Å². The Morgan fingerprint density at radius 2 is 2.14 bits per heavy atom. The molecule has 5 nitrogen and oxygen atoms in total. The van der Waals surface area contributed by atoms with Crippen LogP contribution in [0.1, 0.15) is 5.56 Å². The van der Waals surface area contributed by atoms with Crippen LogP contribution in [0.3, 0.4) is 0 Å². The first-order valence-corrected chi connectivity index (χ1v) is 9.99. The van der Waals surface area contributed by atoms with Gasteiger partial charge in [0.15, 0.2) is 15.1 Å². The normalized spacial score (nSPS) is 12.4. The molecule has 3 aromatic heterocycles. The third-order valence-corrected chi connectivity index (χ3v) is 6.84. The first-order valence-electron chi connectivity index (χ1n) is 6.20. The van der Waals surface area contributed by atoms with E-state index in [2.05, 4.69) is 9.97 Å². The van der Waals surface area contributed by atoms with Crippen LogP contribution in [0.4, 0.5) is 0 Å². The first kappa shape index (κ1) is 14.1. The van der Waals surface area contributed by atoms with Gasteiger partial charge in [-0.05, 0) is 17.7 Å². The molecule has 0 spiro atoms. The highest BCUT2D eigenvalue weighted by atomic mass is 35.5. The van der Waals surface area contributed by atoms with E-state index in [9.17, 15) is 8.42 Å². The molecular weight excluding hydrogens is 362 g/mol. The van der Waals surface area contributed by atoms with Crippen LogP contribution in [0, 0.1) is 0 Å². The number of halogens is 1. The van der Waals surface area contributed by atoms with Crippen LogP contribution in [-0.2, 0) is 15.6 Å². The Balaban J connectivity index is 1.80. The summed E-state index contributed by atoms with van der Waals surface area (Å²) in [6.07, 6.45) is 1.66. The predicted molar refractivity (Wildman–Crippen MR) is 88.6 cm³/mol. The molecule has 0 unspecified atom stereocenters. The Bertz CT molecular complexity index is 1090. The number of rotatable bonds is 3. The maximum atomic E-state index is 12.7. The molecule has 112 valence electrons. The molecule has 22 heavy (non-hydrogen) atoms. The number of imidazole rings is 1. The molecule has 0 N–H and O–H groups in total. The maximum Gasteiger partial charge on any atom is 0.201 e. The molecule has 4 aromatic rings. The van der Waals surface area contributed by atoms with Gasteiger partial charge >= 0.3 is 0 Å². The van der Waals surface area contributed by atoms with E-state index in [1.165, 1.54) is 27.1 Å². The van der Waals surface area contributed by atoms with Crippen LogP contribution in [0.5, 0.6) is 0 Å². The number of sulfone groups is 1. The maximum absolute atomic E-state index is 12.7. The van der Waals surface area contributed by atoms with Crippen LogP contribution in [0.15, 0.2) is 40.3 Å². The van der Waals surface area contributed by atoms with Gasteiger partial charge in [0.1, 0.15) is 0 Å². The molecule has 9 heteroatoms. The number of hydrogen-bond donors (Lipinski definition) is 0. The van der Waals surface area contributed by atoms with Gasteiger partial charge in [-0.1, -0.05) is 17.7 Å². The summed E-state index contributed by atoms with van der Waals surface area (Å²) >= 11 is 8.85. The second-order valence-corrected chi connectivity index (χ2v) is 8.70. The molecule has 3 heterocycles. The molecule has 0 radical (unpaired) electrons. The van der Waals surface area contributed by atoms with Crippen molar-refractivity contribution >= 4 is 59.3 Å². The van der Waals surface area contributed by atoms with Crippen molar-refractivity contribution in [2.45, 2.75) is 10.8 Å². The lowest BCUT2D eigenvalue weighted by molar-refractivity contribution is 0.590. The third-order valence-electron chi connectivity index (χ3n) is 3.23. The molecule has 0 aliphatic carbocycles. The van der Waals surface area contributed by atoms with Crippen LogP contribution >= 0.6 is 34.3 Å². The highest BCUT2D eigenvalue weighted by Gasteiger charge is 2.25. The van der Waals surface area contributed by atoms with Crippen molar-refractivity contribution in [3.8, 4) is 0 Å². The molecule has 0 fully saturated rings.